The number of allylic oxidation sites excluding steroid dienone is 1. The van der Waals surface area contributed by atoms with E-state index in [4.69, 9.17) is 14.2 Å². The first-order valence-corrected chi connectivity index (χ1v) is 9.76. The highest BCUT2D eigenvalue weighted by atomic mass is 16.6. The van der Waals surface area contributed by atoms with Gasteiger partial charge in [0.2, 0.25) is 5.75 Å². The van der Waals surface area contributed by atoms with Gasteiger partial charge in [0, 0.05) is 11.8 Å². The van der Waals surface area contributed by atoms with Crippen molar-refractivity contribution in [1.29, 1.82) is 0 Å². The van der Waals surface area contributed by atoms with Crippen LogP contribution in [0, 0.1) is 10.1 Å². The third-order valence-corrected chi connectivity index (χ3v) is 4.17. The fourth-order valence-corrected chi connectivity index (χ4v) is 3.01. The van der Waals surface area contributed by atoms with Crippen molar-refractivity contribution < 1.29 is 28.7 Å². The molecule has 0 aliphatic carbocycles. The second-order valence-electron chi connectivity index (χ2n) is 6.93. The summed E-state index contributed by atoms with van der Waals surface area (Å²) in [6, 6.07) is 1.32. The predicted molar refractivity (Wildman–Crippen MR) is 108 cm³/mol. The van der Waals surface area contributed by atoms with Gasteiger partial charge in [-0.2, -0.15) is 0 Å². The average molecular weight is 421 g/mol. The third kappa shape index (κ3) is 5.19. The summed E-state index contributed by atoms with van der Waals surface area (Å²) < 4.78 is 16.5. The second kappa shape index (κ2) is 9.95. The molecular weight excluding hydrogens is 394 g/mol. The van der Waals surface area contributed by atoms with E-state index in [0.717, 1.165) is 0 Å². The minimum absolute atomic E-state index is 0.0136. The fraction of sp³-hybridized carbons (Fsp3) is 0.500. The van der Waals surface area contributed by atoms with Crippen LogP contribution in [0.4, 0.5) is 10.5 Å². The molecule has 1 aromatic carbocycles. The summed E-state index contributed by atoms with van der Waals surface area (Å²) in [6.07, 6.45) is 0.274. The number of urea groups is 1. The van der Waals surface area contributed by atoms with Gasteiger partial charge in [-0.25, -0.2) is 9.59 Å². The molecule has 0 spiro atoms. The summed E-state index contributed by atoms with van der Waals surface area (Å²) in [7, 11) is 0. The number of hydrogen-bond donors (Lipinski definition) is 2. The molecule has 30 heavy (non-hydrogen) atoms. The normalized spacial score (nSPS) is 16.1. The quantitative estimate of drug-likeness (QED) is 0.355. The standard InChI is InChI=1S/C20H27N3O7/c1-6-8-29-18-14(23(26)27)9-13(10-15(18)28-7-2)17-16(19(24)30-11(3)4)12(5)21-20(25)22-17/h9-11,17H,6-8H2,1-5H3,(H2,21,22,25). The minimum Gasteiger partial charge on any atom is -0.490 e. The highest BCUT2D eigenvalue weighted by Gasteiger charge is 2.35. The molecule has 1 heterocycles. The van der Waals surface area contributed by atoms with Gasteiger partial charge in [0.1, 0.15) is 0 Å². The van der Waals surface area contributed by atoms with Crippen LogP contribution in [0.15, 0.2) is 23.4 Å². The van der Waals surface area contributed by atoms with Crippen LogP contribution in [0.3, 0.4) is 0 Å². The Morgan fingerprint density at radius 1 is 1.27 bits per heavy atom. The van der Waals surface area contributed by atoms with Gasteiger partial charge in [0.15, 0.2) is 5.75 Å². The number of ether oxygens (including phenoxy) is 3. The molecule has 1 aliphatic heterocycles. The molecule has 1 aromatic rings. The van der Waals surface area contributed by atoms with Gasteiger partial charge in [-0.3, -0.25) is 10.1 Å². The zero-order valence-electron chi connectivity index (χ0n) is 17.7. The topological polar surface area (TPSA) is 129 Å². The number of nitro benzene ring substituents is 1. The Morgan fingerprint density at radius 3 is 2.53 bits per heavy atom. The van der Waals surface area contributed by atoms with Gasteiger partial charge in [0.25, 0.3) is 0 Å². The van der Waals surface area contributed by atoms with Crippen molar-refractivity contribution in [3.05, 3.63) is 39.1 Å². The minimum atomic E-state index is -0.955. The number of esters is 1. The smallest absolute Gasteiger partial charge is 0.338 e. The van der Waals surface area contributed by atoms with Crippen molar-refractivity contribution in [1.82, 2.24) is 10.6 Å². The number of nitro groups is 1. The molecule has 2 N–H and O–H groups in total. The van der Waals surface area contributed by atoms with E-state index < -0.39 is 23.0 Å². The lowest BCUT2D eigenvalue weighted by molar-refractivity contribution is -0.386. The van der Waals surface area contributed by atoms with Gasteiger partial charge in [0.05, 0.1) is 35.9 Å². The molecule has 2 rings (SSSR count). The first-order valence-electron chi connectivity index (χ1n) is 9.76. The Balaban J connectivity index is 2.64. The molecule has 10 heteroatoms. The number of nitrogens with one attached hydrogen (secondary N) is 2. The van der Waals surface area contributed by atoms with Crippen LogP contribution < -0.4 is 20.1 Å². The highest BCUT2D eigenvalue weighted by Crippen LogP contribution is 2.42. The SMILES string of the molecule is CCCOc1c(OCC)cc(C2NC(=O)NC(C)=C2C(=O)OC(C)C)cc1[N+](=O)[O-]. The van der Waals surface area contributed by atoms with Crippen LogP contribution in [0.2, 0.25) is 0 Å². The van der Waals surface area contributed by atoms with Crippen LogP contribution >= 0.6 is 0 Å². The summed E-state index contributed by atoms with van der Waals surface area (Å²) >= 11 is 0. The van der Waals surface area contributed by atoms with E-state index in [-0.39, 0.29) is 42.1 Å². The lowest BCUT2D eigenvalue weighted by Gasteiger charge is -2.29. The maximum atomic E-state index is 12.7. The van der Waals surface area contributed by atoms with Crippen molar-refractivity contribution in [2.24, 2.45) is 0 Å². The zero-order valence-corrected chi connectivity index (χ0v) is 17.7. The monoisotopic (exact) mass is 421 g/mol. The Morgan fingerprint density at radius 2 is 1.97 bits per heavy atom. The summed E-state index contributed by atoms with van der Waals surface area (Å²) in [6.45, 7) is 9.12. The van der Waals surface area contributed by atoms with E-state index in [2.05, 4.69) is 10.6 Å². The Hall–Kier alpha value is -3.30. The third-order valence-electron chi connectivity index (χ3n) is 4.17. The number of carbonyl (C=O) groups is 2. The van der Waals surface area contributed by atoms with E-state index in [1.807, 2.05) is 6.92 Å². The van der Waals surface area contributed by atoms with E-state index in [0.29, 0.717) is 17.7 Å². The largest absolute Gasteiger partial charge is 0.490 e. The Kier molecular flexibility index (Phi) is 7.62. The van der Waals surface area contributed by atoms with Gasteiger partial charge >= 0.3 is 17.7 Å². The molecule has 10 nitrogen and oxygen atoms in total. The maximum absolute atomic E-state index is 12.7. The zero-order chi connectivity index (χ0) is 22.4. The van der Waals surface area contributed by atoms with Crippen LogP contribution in [0.25, 0.3) is 0 Å². The van der Waals surface area contributed by atoms with Crippen LogP contribution in [-0.2, 0) is 9.53 Å². The van der Waals surface area contributed by atoms with Gasteiger partial charge in [-0.1, -0.05) is 6.92 Å². The maximum Gasteiger partial charge on any atom is 0.338 e. The van der Waals surface area contributed by atoms with E-state index >= 15 is 0 Å². The molecule has 164 valence electrons. The molecule has 0 bridgehead atoms. The first-order chi connectivity index (χ1) is 14.2. The van der Waals surface area contributed by atoms with Gasteiger partial charge < -0.3 is 24.8 Å². The highest BCUT2D eigenvalue weighted by molar-refractivity contribution is 5.95. The summed E-state index contributed by atoms with van der Waals surface area (Å²) in [5.41, 5.74) is 0.453. The summed E-state index contributed by atoms with van der Waals surface area (Å²) in [5.74, 6) is -0.455. The second-order valence-corrected chi connectivity index (χ2v) is 6.93. The molecular formula is C20H27N3O7. The molecule has 0 aromatic heterocycles. The van der Waals surface area contributed by atoms with Crippen molar-refractivity contribution in [3.63, 3.8) is 0 Å². The lowest BCUT2D eigenvalue weighted by atomic mass is 9.94. The lowest BCUT2D eigenvalue weighted by Crippen LogP contribution is -2.45. The van der Waals surface area contributed by atoms with E-state index in [1.54, 1.807) is 27.7 Å². The number of amides is 2. The molecule has 0 saturated carbocycles. The molecule has 0 radical (unpaired) electrons. The predicted octanol–water partition coefficient (Wildman–Crippen LogP) is 3.36. The van der Waals surface area contributed by atoms with E-state index in [9.17, 15) is 19.7 Å². The number of rotatable bonds is 9. The summed E-state index contributed by atoms with van der Waals surface area (Å²) in [5, 5.41) is 16.9. The van der Waals surface area contributed by atoms with Gasteiger partial charge in [-0.15, -0.1) is 0 Å². The van der Waals surface area contributed by atoms with Crippen LogP contribution in [0.5, 0.6) is 11.5 Å². The molecule has 0 fully saturated rings. The molecule has 1 unspecified atom stereocenters. The Labute approximate surface area is 174 Å². The van der Waals surface area contributed by atoms with Gasteiger partial charge in [-0.05, 0) is 45.7 Å². The number of hydrogen-bond acceptors (Lipinski definition) is 7. The van der Waals surface area contributed by atoms with Crippen molar-refractivity contribution in [2.75, 3.05) is 13.2 Å². The molecule has 1 aliphatic rings. The first kappa shape index (κ1) is 23.0. The summed E-state index contributed by atoms with van der Waals surface area (Å²) in [4.78, 5) is 35.9. The molecule has 0 saturated heterocycles. The Bertz CT molecular complexity index is 864. The average Bonchev–Trinajstić information content (AvgIpc) is 2.65. The fourth-order valence-electron chi connectivity index (χ4n) is 3.01. The number of carbonyl (C=O) groups excluding carboxylic acids is 2. The van der Waals surface area contributed by atoms with Crippen LogP contribution in [-0.4, -0.2) is 36.2 Å². The molecule has 2 amide bonds. The van der Waals surface area contributed by atoms with E-state index in [1.165, 1.54) is 12.1 Å². The van der Waals surface area contributed by atoms with Crippen molar-refractivity contribution >= 4 is 17.7 Å². The molecule has 1 atom stereocenters. The van der Waals surface area contributed by atoms with Crippen molar-refractivity contribution in [3.8, 4) is 11.5 Å². The number of nitrogens with zero attached hydrogens (tertiary/aromatic N) is 1. The van der Waals surface area contributed by atoms with Crippen molar-refractivity contribution in [2.45, 2.75) is 53.2 Å². The number of benzene rings is 1. The van der Waals surface area contributed by atoms with Crippen LogP contribution in [0.1, 0.15) is 52.6 Å².